The van der Waals surface area contributed by atoms with E-state index in [1.54, 1.807) is 0 Å². The van der Waals surface area contributed by atoms with E-state index in [2.05, 4.69) is 0 Å². The molecule has 0 aliphatic carbocycles. The fourth-order valence-electron chi connectivity index (χ4n) is 1.53. The molecule has 0 N–H and O–H groups in total. The summed E-state index contributed by atoms with van der Waals surface area (Å²) in [4.78, 5) is 0. The Morgan fingerprint density at radius 2 is 1.11 bits per heavy atom. The first-order valence-electron chi connectivity index (χ1n) is 6.71. The van der Waals surface area contributed by atoms with Gasteiger partial charge < -0.3 is 18.9 Å². The van der Waals surface area contributed by atoms with Crippen molar-refractivity contribution < 1.29 is 18.9 Å². The van der Waals surface area contributed by atoms with E-state index in [9.17, 15) is 0 Å². The van der Waals surface area contributed by atoms with Crippen LogP contribution in [0.1, 0.15) is 20.3 Å². The normalized spacial score (nSPS) is 14.5. The highest BCUT2D eigenvalue weighted by Gasteiger charge is 2.09. The summed E-state index contributed by atoms with van der Waals surface area (Å²) in [6, 6.07) is 0. The van der Waals surface area contributed by atoms with E-state index in [-0.39, 0.29) is 12.2 Å². The van der Waals surface area contributed by atoms with Crippen molar-refractivity contribution in [2.24, 2.45) is 0 Å². The summed E-state index contributed by atoms with van der Waals surface area (Å²) in [5.74, 6) is 1.04. The van der Waals surface area contributed by atoms with Crippen LogP contribution in [-0.2, 0) is 18.9 Å². The Labute approximate surface area is 126 Å². The first kappa shape index (κ1) is 19.4. The van der Waals surface area contributed by atoms with Gasteiger partial charge in [0, 0.05) is 11.8 Å². The number of alkyl halides is 2. The van der Waals surface area contributed by atoms with Gasteiger partial charge in [-0.05, 0) is 20.3 Å². The monoisotopic (exact) mass is 316 g/mol. The van der Waals surface area contributed by atoms with Crippen LogP contribution in [0.3, 0.4) is 0 Å². The van der Waals surface area contributed by atoms with Crippen molar-refractivity contribution in [2.75, 3.05) is 51.4 Å². The van der Waals surface area contributed by atoms with E-state index in [1.807, 2.05) is 13.8 Å². The van der Waals surface area contributed by atoms with Crippen LogP contribution in [0, 0.1) is 0 Å². The molecule has 2 atom stereocenters. The van der Waals surface area contributed by atoms with Crippen LogP contribution >= 0.6 is 23.2 Å². The van der Waals surface area contributed by atoms with Gasteiger partial charge in [-0.2, -0.15) is 0 Å². The molecule has 0 saturated heterocycles. The number of halogens is 2. The molecule has 0 bridgehead atoms. The molecule has 6 heteroatoms. The minimum Gasteiger partial charge on any atom is -0.378 e. The van der Waals surface area contributed by atoms with Crippen LogP contribution in [0.5, 0.6) is 0 Å². The Balaban J connectivity index is 3.34. The maximum atomic E-state index is 5.61. The average Bonchev–Trinajstić information content (AvgIpc) is 2.38. The number of rotatable bonds is 14. The largest absolute Gasteiger partial charge is 0.378 e. The van der Waals surface area contributed by atoms with E-state index in [4.69, 9.17) is 42.1 Å². The lowest BCUT2D eigenvalue weighted by molar-refractivity contribution is -0.0329. The molecule has 0 rings (SSSR count). The van der Waals surface area contributed by atoms with Gasteiger partial charge in [0.05, 0.1) is 51.8 Å². The van der Waals surface area contributed by atoms with E-state index >= 15 is 0 Å². The highest BCUT2D eigenvalue weighted by molar-refractivity contribution is 6.18. The SMILES string of the molecule is CC(CC(C)OCCOCCCl)OCCOCCCl. The molecule has 0 heterocycles. The van der Waals surface area contributed by atoms with Crippen molar-refractivity contribution in [3.63, 3.8) is 0 Å². The average molecular weight is 317 g/mol. The third-order valence-corrected chi connectivity index (χ3v) is 2.68. The van der Waals surface area contributed by atoms with Crippen molar-refractivity contribution in [1.82, 2.24) is 0 Å². The molecule has 2 unspecified atom stereocenters. The van der Waals surface area contributed by atoms with E-state index < -0.39 is 0 Å². The van der Waals surface area contributed by atoms with Gasteiger partial charge in [-0.1, -0.05) is 0 Å². The Morgan fingerprint density at radius 3 is 1.47 bits per heavy atom. The van der Waals surface area contributed by atoms with Gasteiger partial charge in [0.1, 0.15) is 0 Å². The molecular formula is C13H26Cl2O4. The summed E-state index contributed by atoms with van der Waals surface area (Å²) in [6.45, 7) is 7.55. The second-order valence-electron chi connectivity index (χ2n) is 4.20. The first-order chi connectivity index (χ1) is 9.20. The quantitative estimate of drug-likeness (QED) is 0.365. The maximum Gasteiger partial charge on any atom is 0.0704 e. The molecule has 0 radical (unpaired) electrons. The molecule has 4 nitrogen and oxygen atoms in total. The summed E-state index contributed by atoms with van der Waals surface area (Å²) in [6.07, 6.45) is 1.15. The van der Waals surface area contributed by atoms with E-state index in [0.717, 1.165) is 6.42 Å². The zero-order chi connectivity index (χ0) is 14.3. The molecule has 0 spiro atoms. The Morgan fingerprint density at radius 1 is 0.684 bits per heavy atom. The van der Waals surface area contributed by atoms with Crippen molar-refractivity contribution >= 4 is 23.2 Å². The summed E-state index contributed by atoms with van der Waals surface area (Å²) in [5, 5.41) is 0. The van der Waals surface area contributed by atoms with Gasteiger partial charge >= 0.3 is 0 Å². The number of hydrogen-bond donors (Lipinski definition) is 0. The predicted octanol–water partition coefficient (Wildman–Crippen LogP) is 2.70. The maximum absolute atomic E-state index is 5.61. The van der Waals surface area contributed by atoms with Crippen LogP contribution in [0.4, 0.5) is 0 Å². The molecule has 0 amide bonds. The zero-order valence-electron chi connectivity index (χ0n) is 11.9. The molecule has 0 fully saturated rings. The molecule has 19 heavy (non-hydrogen) atoms. The molecule has 116 valence electrons. The fraction of sp³-hybridized carbons (Fsp3) is 1.00. The topological polar surface area (TPSA) is 36.9 Å². The van der Waals surface area contributed by atoms with Gasteiger partial charge in [-0.25, -0.2) is 0 Å². The minimum atomic E-state index is 0.151. The van der Waals surface area contributed by atoms with Crippen LogP contribution in [-0.4, -0.2) is 63.6 Å². The third-order valence-electron chi connectivity index (χ3n) is 2.37. The third kappa shape index (κ3) is 14.6. The van der Waals surface area contributed by atoms with Crippen LogP contribution in [0.2, 0.25) is 0 Å². The standard InChI is InChI=1S/C13H26Cl2O4/c1-12(18-9-7-16-5-3-14)11-13(2)19-10-8-17-6-4-15/h12-13H,3-11H2,1-2H3. The summed E-state index contributed by atoms with van der Waals surface area (Å²) < 4.78 is 21.7. The predicted molar refractivity (Wildman–Crippen MR) is 78.5 cm³/mol. The number of hydrogen-bond acceptors (Lipinski definition) is 4. The van der Waals surface area contributed by atoms with Crippen LogP contribution in [0.25, 0.3) is 0 Å². The van der Waals surface area contributed by atoms with Crippen LogP contribution in [0.15, 0.2) is 0 Å². The van der Waals surface area contributed by atoms with Crippen molar-refractivity contribution in [1.29, 1.82) is 0 Å². The van der Waals surface area contributed by atoms with E-state index in [0.29, 0.717) is 51.4 Å². The van der Waals surface area contributed by atoms with Gasteiger partial charge in [-0.15, -0.1) is 23.2 Å². The lowest BCUT2D eigenvalue weighted by Gasteiger charge is -2.18. The molecule has 0 aromatic rings. The summed E-state index contributed by atoms with van der Waals surface area (Å²) in [7, 11) is 0. The second kappa shape index (κ2) is 14.8. The van der Waals surface area contributed by atoms with Crippen LogP contribution < -0.4 is 0 Å². The van der Waals surface area contributed by atoms with Gasteiger partial charge in [-0.3, -0.25) is 0 Å². The van der Waals surface area contributed by atoms with Crippen molar-refractivity contribution in [3.05, 3.63) is 0 Å². The molecule has 0 aromatic heterocycles. The molecule has 0 aliphatic rings. The van der Waals surface area contributed by atoms with Gasteiger partial charge in [0.15, 0.2) is 0 Å². The first-order valence-corrected chi connectivity index (χ1v) is 7.78. The summed E-state index contributed by atoms with van der Waals surface area (Å²) >= 11 is 11.0. The van der Waals surface area contributed by atoms with Gasteiger partial charge in [0.25, 0.3) is 0 Å². The zero-order valence-corrected chi connectivity index (χ0v) is 13.4. The second-order valence-corrected chi connectivity index (χ2v) is 4.96. The number of ether oxygens (including phenoxy) is 4. The highest BCUT2D eigenvalue weighted by atomic mass is 35.5. The van der Waals surface area contributed by atoms with Gasteiger partial charge in [0.2, 0.25) is 0 Å². The molecular weight excluding hydrogens is 291 g/mol. The van der Waals surface area contributed by atoms with E-state index in [1.165, 1.54) is 0 Å². The van der Waals surface area contributed by atoms with Crippen molar-refractivity contribution in [3.8, 4) is 0 Å². The minimum absolute atomic E-state index is 0.151. The Kier molecular flexibility index (Phi) is 15.1. The fourth-order valence-corrected chi connectivity index (χ4v) is 1.75. The lowest BCUT2D eigenvalue weighted by Crippen LogP contribution is -2.22. The summed E-state index contributed by atoms with van der Waals surface area (Å²) in [5.41, 5.74) is 0. The lowest BCUT2D eigenvalue weighted by atomic mass is 10.2. The smallest absolute Gasteiger partial charge is 0.0704 e. The Hall–Kier alpha value is 0.420. The van der Waals surface area contributed by atoms with Crippen molar-refractivity contribution in [2.45, 2.75) is 32.5 Å². The molecule has 0 saturated carbocycles. The Bertz CT molecular complexity index is 166. The molecule has 0 aliphatic heterocycles. The highest BCUT2D eigenvalue weighted by Crippen LogP contribution is 2.05. The molecule has 0 aromatic carbocycles.